The molecule has 0 spiro atoms. The average Bonchev–Trinajstić information content (AvgIpc) is 2.61. The Hall–Kier alpha value is -2.63. The van der Waals surface area contributed by atoms with Gasteiger partial charge in [-0.2, -0.15) is 9.78 Å². The molecule has 0 bridgehead atoms. The summed E-state index contributed by atoms with van der Waals surface area (Å²) in [6.07, 6.45) is 2.10. The van der Waals surface area contributed by atoms with Crippen LogP contribution < -0.4 is 10.3 Å². The standard InChI is InChI=1S/C19H23N3O3/c1-13-6-8-15(9-7-13)22-17(23)11-16(25-3)18(20-22)19(24)21-10-4-5-14(2)12-21/h6-9,11,14H,4-5,10,12H2,1-3H3/t14-/m0/s1. The number of carbonyl (C=O) groups is 1. The maximum Gasteiger partial charge on any atom is 0.278 e. The van der Waals surface area contributed by atoms with E-state index < -0.39 is 0 Å². The monoisotopic (exact) mass is 341 g/mol. The van der Waals surface area contributed by atoms with E-state index in [1.54, 1.807) is 4.90 Å². The van der Waals surface area contributed by atoms with Gasteiger partial charge in [0.15, 0.2) is 11.4 Å². The number of aryl methyl sites for hydroxylation is 1. The van der Waals surface area contributed by atoms with Gasteiger partial charge in [0.2, 0.25) is 0 Å². The van der Waals surface area contributed by atoms with Crippen LogP contribution in [0.25, 0.3) is 5.69 Å². The summed E-state index contributed by atoms with van der Waals surface area (Å²) < 4.78 is 6.50. The zero-order chi connectivity index (χ0) is 18.0. The molecule has 3 rings (SSSR count). The molecule has 2 aromatic rings. The first-order valence-electron chi connectivity index (χ1n) is 8.54. The molecule has 0 radical (unpaired) electrons. The number of aromatic nitrogens is 2. The summed E-state index contributed by atoms with van der Waals surface area (Å²) in [6, 6.07) is 8.76. The second kappa shape index (κ2) is 7.09. The molecule has 6 heteroatoms. The SMILES string of the molecule is COc1cc(=O)n(-c2ccc(C)cc2)nc1C(=O)N1CCC[C@H](C)C1. The lowest BCUT2D eigenvalue weighted by Gasteiger charge is -2.30. The first kappa shape index (κ1) is 17.2. The van der Waals surface area contributed by atoms with E-state index in [1.807, 2.05) is 31.2 Å². The van der Waals surface area contributed by atoms with E-state index in [0.717, 1.165) is 18.4 Å². The molecule has 0 saturated carbocycles. The summed E-state index contributed by atoms with van der Waals surface area (Å²) in [5, 5.41) is 4.33. The minimum absolute atomic E-state index is 0.178. The fraction of sp³-hybridized carbons (Fsp3) is 0.421. The summed E-state index contributed by atoms with van der Waals surface area (Å²) >= 11 is 0. The van der Waals surface area contributed by atoms with Gasteiger partial charge in [0.1, 0.15) is 0 Å². The highest BCUT2D eigenvalue weighted by atomic mass is 16.5. The molecule has 1 aromatic carbocycles. The van der Waals surface area contributed by atoms with Crippen LogP contribution in [0.1, 0.15) is 35.8 Å². The molecule has 25 heavy (non-hydrogen) atoms. The quantitative estimate of drug-likeness (QED) is 0.860. The second-order valence-corrected chi connectivity index (χ2v) is 6.65. The molecule has 1 saturated heterocycles. The lowest BCUT2D eigenvalue weighted by Crippen LogP contribution is -2.40. The van der Waals surface area contributed by atoms with Crippen LogP contribution in [0.3, 0.4) is 0 Å². The first-order valence-corrected chi connectivity index (χ1v) is 8.54. The van der Waals surface area contributed by atoms with Crippen LogP contribution in [0, 0.1) is 12.8 Å². The third-order valence-corrected chi connectivity index (χ3v) is 4.54. The first-order chi connectivity index (χ1) is 12.0. The number of rotatable bonds is 3. The third kappa shape index (κ3) is 3.57. The maximum absolute atomic E-state index is 12.9. The molecule has 0 N–H and O–H groups in total. The number of piperidine rings is 1. The van der Waals surface area contributed by atoms with Crippen LogP contribution in [-0.2, 0) is 0 Å². The van der Waals surface area contributed by atoms with E-state index in [4.69, 9.17) is 4.74 Å². The summed E-state index contributed by atoms with van der Waals surface area (Å²) in [5.74, 6) is 0.493. The Morgan fingerprint density at radius 2 is 2.00 bits per heavy atom. The molecular formula is C19H23N3O3. The largest absolute Gasteiger partial charge is 0.494 e. The van der Waals surface area contributed by atoms with E-state index in [0.29, 0.717) is 24.7 Å². The molecule has 6 nitrogen and oxygen atoms in total. The molecule has 1 aliphatic rings. The number of carbonyl (C=O) groups excluding carboxylic acids is 1. The highest BCUT2D eigenvalue weighted by molar-refractivity contribution is 5.94. The predicted octanol–water partition coefficient (Wildman–Crippen LogP) is 2.42. The number of methoxy groups -OCH3 is 1. The number of nitrogens with zero attached hydrogens (tertiary/aromatic N) is 3. The van der Waals surface area contributed by atoms with Crippen LogP contribution in [0.2, 0.25) is 0 Å². The molecule has 0 aliphatic carbocycles. The Bertz CT molecular complexity index is 827. The van der Waals surface area contributed by atoms with Crippen molar-refractivity contribution >= 4 is 5.91 Å². The topological polar surface area (TPSA) is 64.4 Å². The second-order valence-electron chi connectivity index (χ2n) is 6.65. The third-order valence-electron chi connectivity index (χ3n) is 4.54. The molecule has 1 fully saturated rings. The van der Waals surface area contributed by atoms with Crippen LogP contribution in [0.5, 0.6) is 5.75 Å². The normalized spacial score (nSPS) is 17.4. The van der Waals surface area contributed by atoms with Crippen LogP contribution in [0.4, 0.5) is 0 Å². The zero-order valence-corrected chi connectivity index (χ0v) is 14.9. The number of amides is 1. The summed E-state index contributed by atoms with van der Waals surface area (Å²) in [5.41, 5.74) is 1.56. The molecule has 0 unspecified atom stereocenters. The van der Waals surface area contributed by atoms with Crippen molar-refractivity contribution in [2.45, 2.75) is 26.7 Å². The molecule has 132 valence electrons. The van der Waals surface area contributed by atoms with Gasteiger partial charge in [-0.1, -0.05) is 24.6 Å². The van der Waals surface area contributed by atoms with Gasteiger partial charge in [-0.05, 0) is 37.8 Å². The Labute approximate surface area is 147 Å². The fourth-order valence-electron chi connectivity index (χ4n) is 3.14. The zero-order valence-electron chi connectivity index (χ0n) is 14.9. The van der Waals surface area contributed by atoms with Gasteiger partial charge in [0.05, 0.1) is 18.9 Å². The highest BCUT2D eigenvalue weighted by Crippen LogP contribution is 2.21. The summed E-state index contributed by atoms with van der Waals surface area (Å²) in [4.78, 5) is 27.1. The van der Waals surface area contributed by atoms with Crippen LogP contribution >= 0.6 is 0 Å². The number of hydrogen-bond donors (Lipinski definition) is 0. The molecule has 1 atom stereocenters. The Morgan fingerprint density at radius 1 is 1.28 bits per heavy atom. The van der Waals surface area contributed by atoms with Crippen molar-refractivity contribution in [3.63, 3.8) is 0 Å². The molecule has 1 aromatic heterocycles. The van der Waals surface area contributed by atoms with Gasteiger partial charge in [-0.15, -0.1) is 0 Å². The fourth-order valence-corrected chi connectivity index (χ4v) is 3.14. The van der Waals surface area contributed by atoms with Gasteiger partial charge >= 0.3 is 0 Å². The Balaban J connectivity index is 2.03. The van der Waals surface area contributed by atoms with Gasteiger partial charge in [0, 0.05) is 13.1 Å². The molecule has 1 aliphatic heterocycles. The Morgan fingerprint density at radius 3 is 2.64 bits per heavy atom. The number of benzene rings is 1. The van der Waals surface area contributed by atoms with Crippen molar-refractivity contribution in [1.29, 1.82) is 0 Å². The lowest BCUT2D eigenvalue weighted by molar-refractivity contribution is 0.0671. The smallest absolute Gasteiger partial charge is 0.278 e. The molecule has 2 heterocycles. The van der Waals surface area contributed by atoms with E-state index in [9.17, 15) is 9.59 Å². The van der Waals surface area contributed by atoms with Crippen molar-refractivity contribution < 1.29 is 9.53 Å². The number of hydrogen-bond acceptors (Lipinski definition) is 4. The lowest BCUT2D eigenvalue weighted by atomic mass is 10.00. The summed E-state index contributed by atoms with van der Waals surface area (Å²) in [7, 11) is 1.45. The summed E-state index contributed by atoms with van der Waals surface area (Å²) in [6.45, 7) is 5.52. The van der Waals surface area contributed by atoms with E-state index in [-0.39, 0.29) is 22.9 Å². The molecular weight excluding hydrogens is 318 g/mol. The van der Waals surface area contributed by atoms with E-state index in [1.165, 1.54) is 17.9 Å². The van der Waals surface area contributed by atoms with Gasteiger partial charge in [-0.3, -0.25) is 9.59 Å². The number of ether oxygens (including phenoxy) is 1. The van der Waals surface area contributed by atoms with Gasteiger partial charge in [0.25, 0.3) is 11.5 Å². The van der Waals surface area contributed by atoms with E-state index >= 15 is 0 Å². The highest BCUT2D eigenvalue weighted by Gasteiger charge is 2.26. The van der Waals surface area contributed by atoms with Gasteiger partial charge < -0.3 is 9.64 Å². The van der Waals surface area contributed by atoms with Crippen molar-refractivity contribution in [3.8, 4) is 11.4 Å². The predicted molar refractivity (Wildman–Crippen MR) is 95.4 cm³/mol. The maximum atomic E-state index is 12.9. The van der Waals surface area contributed by atoms with Crippen molar-refractivity contribution in [1.82, 2.24) is 14.7 Å². The molecule has 1 amide bonds. The number of likely N-dealkylation sites (tertiary alicyclic amines) is 1. The van der Waals surface area contributed by atoms with E-state index in [2.05, 4.69) is 12.0 Å². The van der Waals surface area contributed by atoms with Crippen molar-refractivity contribution in [2.24, 2.45) is 5.92 Å². The van der Waals surface area contributed by atoms with Gasteiger partial charge in [-0.25, -0.2) is 0 Å². The minimum Gasteiger partial charge on any atom is -0.494 e. The van der Waals surface area contributed by atoms with Crippen LogP contribution in [-0.4, -0.2) is 40.8 Å². The van der Waals surface area contributed by atoms with Crippen molar-refractivity contribution in [3.05, 3.63) is 51.9 Å². The Kier molecular flexibility index (Phi) is 4.88. The average molecular weight is 341 g/mol. The van der Waals surface area contributed by atoms with Crippen LogP contribution in [0.15, 0.2) is 35.1 Å². The van der Waals surface area contributed by atoms with Crippen molar-refractivity contribution in [2.75, 3.05) is 20.2 Å². The minimum atomic E-state index is -0.329.